The van der Waals surface area contributed by atoms with Crippen molar-refractivity contribution in [1.29, 1.82) is 0 Å². The summed E-state index contributed by atoms with van der Waals surface area (Å²) in [6, 6.07) is 7.28. The predicted molar refractivity (Wildman–Crippen MR) is 101 cm³/mol. The first-order valence-corrected chi connectivity index (χ1v) is 9.73. The van der Waals surface area contributed by atoms with Crippen LogP contribution in [-0.2, 0) is 6.54 Å². The molecule has 2 heterocycles. The van der Waals surface area contributed by atoms with Crippen LogP contribution < -0.4 is 10.1 Å². The van der Waals surface area contributed by atoms with Crippen molar-refractivity contribution in [3.8, 4) is 5.75 Å². The highest BCUT2D eigenvalue weighted by molar-refractivity contribution is 7.14. The van der Waals surface area contributed by atoms with Gasteiger partial charge in [0.25, 0.3) is 5.91 Å². The lowest BCUT2D eigenvalue weighted by atomic mass is 9.99. The van der Waals surface area contributed by atoms with Crippen LogP contribution in [0.3, 0.4) is 0 Å². The molecule has 25 heavy (non-hydrogen) atoms. The molecule has 1 aliphatic heterocycles. The van der Waals surface area contributed by atoms with Crippen LogP contribution in [0.2, 0.25) is 0 Å². The molecular weight excluding hydrogens is 334 g/mol. The van der Waals surface area contributed by atoms with Gasteiger partial charge in [0.1, 0.15) is 5.75 Å². The number of rotatable bonds is 6. The molecule has 0 radical (unpaired) electrons. The minimum atomic E-state index is -0.184. The molecule has 1 fully saturated rings. The molecule has 2 aromatic rings. The van der Waals surface area contributed by atoms with Crippen LogP contribution in [-0.4, -0.2) is 35.5 Å². The van der Waals surface area contributed by atoms with Gasteiger partial charge in [-0.1, -0.05) is 19.1 Å². The summed E-state index contributed by atoms with van der Waals surface area (Å²) in [6.45, 7) is 7.86. The number of nitrogens with one attached hydrogen (secondary N) is 1. The summed E-state index contributed by atoms with van der Waals surface area (Å²) < 4.78 is 5.53. The van der Waals surface area contributed by atoms with Crippen molar-refractivity contribution in [2.75, 3.05) is 25.0 Å². The largest absolute Gasteiger partial charge is 0.493 e. The molecule has 134 valence electrons. The van der Waals surface area contributed by atoms with Gasteiger partial charge in [-0.3, -0.25) is 15.0 Å². The number of hydrogen-bond donors (Lipinski definition) is 1. The molecule has 1 saturated heterocycles. The first kappa shape index (κ1) is 17.9. The van der Waals surface area contributed by atoms with E-state index in [1.54, 1.807) is 6.07 Å². The molecule has 0 bridgehead atoms. The highest BCUT2D eigenvalue weighted by Crippen LogP contribution is 2.23. The summed E-state index contributed by atoms with van der Waals surface area (Å²) >= 11 is 1.47. The molecule has 1 amide bonds. The molecule has 0 aliphatic carbocycles. The van der Waals surface area contributed by atoms with Crippen LogP contribution in [0.25, 0.3) is 0 Å². The highest BCUT2D eigenvalue weighted by Gasteiger charge is 2.18. The monoisotopic (exact) mass is 359 g/mol. The summed E-state index contributed by atoms with van der Waals surface area (Å²) in [6.07, 6.45) is 2.50. The van der Waals surface area contributed by atoms with E-state index in [0.29, 0.717) is 23.1 Å². The number of likely N-dealkylation sites (tertiary alicyclic amines) is 1. The van der Waals surface area contributed by atoms with Crippen LogP contribution in [0, 0.1) is 5.92 Å². The van der Waals surface area contributed by atoms with E-state index in [1.165, 1.54) is 24.2 Å². The average molecular weight is 359 g/mol. The van der Waals surface area contributed by atoms with E-state index < -0.39 is 0 Å². The number of anilines is 1. The van der Waals surface area contributed by atoms with Crippen molar-refractivity contribution in [1.82, 2.24) is 9.88 Å². The minimum absolute atomic E-state index is 0.184. The Morgan fingerprint density at radius 1 is 1.36 bits per heavy atom. The first-order valence-electron chi connectivity index (χ1n) is 8.85. The molecule has 1 N–H and O–H groups in total. The number of nitrogens with zero attached hydrogens (tertiary/aromatic N) is 2. The molecule has 1 aromatic heterocycles. The van der Waals surface area contributed by atoms with Crippen LogP contribution in [0.4, 0.5) is 5.13 Å². The van der Waals surface area contributed by atoms with Gasteiger partial charge in [0.2, 0.25) is 0 Å². The summed E-state index contributed by atoms with van der Waals surface area (Å²) in [4.78, 5) is 19.5. The summed E-state index contributed by atoms with van der Waals surface area (Å²) in [5.74, 6) is 1.24. The second-order valence-corrected chi connectivity index (χ2v) is 7.34. The number of amides is 1. The van der Waals surface area contributed by atoms with E-state index in [0.717, 1.165) is 31.2 Å². The molecule has 5 nitrogen and oxygen atoms in total. The standard InChI is InChI=1S/C19H25N3O2S/c1-3-24-17-7-5-4-6-16(17)18(23)21-19-20-15(13-25-19)12-22-10-8-14(2)9-11-22/h4-7,13-14H,3,8-12H2,1-2H3,(H,20,21,23). The fraction of sp³-hybridized carbons (Fsp3) is 0.474. The molecule has 0 atom stereocenters. The molecule has 0 spiro atoms. The maximum absolute atomic E-state index is 12.5. The third kappa shape index (κ3) is 4.80. The zero-order valence-electron chi connectivity index (χ0n) is 14.8. The normalized spacial score (nSPS) is 15.9. The topological polar surface area (TPSA) is 54.5 Å². The summed E-state index contributed by atoms with van der Waals surface area (Å²) in [7, 11) is 0. The van der Waals surface area contributed by atoms with Crippen LogP contribution in [0.1, 0.15) is 42.7 Å². The van der Waals surface area contributed by atoms with Crippen molar-refractivity contribution in [2.24, 2.45) is 5.92 Å². The summed E-state index contributed by atoms with van der Waals surface area (Å²) in [5, 5.41) is 5.56. The number of piperidine rings is 1. The SMILES string of the molecule is CCOc1ccccc1C(=O)Nc1nc(CN2CCC(C)CC2)cs1. The molecule has 0 unspecified atom stereocenters. The van der Waals surface area contributed by atoms with Crippen LogP contribution in [0.15, 0.2) is 29.6 Å². The van der Waals surface area contributed by atoms with Crippen molar-refractivity contribution < 1.29 is 9.53 Å². The number of para-hydroxylation sites is 1. The van der Waals surface area contributed by atoms with Crippen LogP contribution in [0.5, 0.6) is 5.75 Å². The number of carbonyl (C=O) groups excluding carboxylic acids is 1. The van der Waals surface area contributed by atoms with Gasteiger partial charge in [-0.05, 0) is 50.9 Å². The third-order valence-electron chi connectivity index (χ3n) is 4.47. The molecule has 0 saturated carbocycles. The van der Waals surface area contributed by atoms with Crippen molar-refractivity contribution in [3.63, 3.8) is 0 Å². The van der Waals surface area contributed by atoms with Crippen molar-refractivity contribution >= 4 is 22.4 Å². The lowest BCUT2D eigenvalue weighted by Gasteiger charge is -2.29. The van der Waals surface area contributed by atoms with E-state index in [9.17, 15) is 4.79 Å². The van der Waals surface area contributed by atoms with Crippen LogP contribution >= 0.6 is 11.3 Å². The Labute approximate surface area is 153 Å². The van der Waals surface area contributed by atoms with E-state index in [2.05, 4.69) is 22.1 Å². The average Bonchev–Trinajstić information content (AvgIpc) is 3.04. The zero-order valence-corrected chi connectivity index (χ0v) is 15.6. The number of benzene rings is 1. The molecule has 1 aliphatic rings. The molecule has 3 rings (SSSR count). The van der Waals surface area contributed by atoms with Gasteiger partial charge < -0.3 is 4.74 Å². The van der Waals surface area contributed by atoms with Gasteiger partial charge in [-0.2, -0.15) is 0 Å². The van der Waals surface area contributed by atoms with Gasteiger partial charge in [-0.15, -0.1) is 11.3 Å². The number of hydrogen-bond acceptors (Lipinski definition) is 5. The lowest BCUT2D eigenvalue weighted by molar-refractivity contribution is 0.102. The van der Waals surface area contributed by atoms with Gasteiger partial charge in [0, 0.05) is 11.9 Å². The number of ether oxygens (including phenoxy) is 1. The van der Waals surface area contributed by atoms with E-state index in [4.69, 9.17) is 4.74 Å². The predicted octanol–water partition coefficient (Wildman–Crippen LogP) is 4.03. The third-order valence-corrected chi connectivity index (χ3v) is 5.27. The molecule has 1 aromatic carbocycles. The van der Waals surface area contributed by atoms with Crippen molar-refractivity contribution in [2.45, 2.75) is 33.2 Å². The summed E-state index contributed by atoms with van der Waals surface area (Å²) in [5.41, 5.74) is 1.55. The fourth-order valence-electron chi connectivity index (χ4n) is 2.99. The maximum atomic E-state index is 12.5. The maximum Gasteiger partial charge on any atom is 0.261 e. The fourth-order valence-corrected chi connectivity index (χ4v) is 3.68. The second kappa shape index (κ2) is 8.45. The Kier molecular flexibility index (Phi) is 6.04. The zero-order chi connectivity index (χ0) is 17.6. The Hall–Kier alpha value is -1.92. The van der Waals surface area contributed by atoms with Gasteiger partial charge in [-0.25, -0.2) is 4.98 Å². The Bertz CT molecular complexity index is 708. The quantitative estimate of drug-likeness (QED) is 0.846. The Morgan fingerprint density at radius 3 is 2.88 bits per heavy atom. The number of carbonyl (C=O) groups is 1. The molecular formula is C19H25N3O2S. The highest BCUT2D eigenvalue weighted by atomic mass is 32.1. The smallest absolute Gasteiger partial charge is 0.261 e. The molecule has 6 heteroatoms. The van der Waals surface area contributed by atoms with E-state index >= 15 is 0 Å². The number of aromatic nitrogens is 1. The van der Waals surface area contributed by atoms with E-state index in [1.807, 2.05) is 30.5 Å². The number of thiazole rings is 1. The Morgan fingerprint density at radius 2 is 2.12 bits per heavy atom. The lowest BCUT2D eigenvalue weighted by Crippen LogP contribution is -2.32. The van der Waals surface area contributed by atoms with E-state index in [-0.39, 0.29) is 5.91 Å². The van der Waals surface area contributed by atoms with Crippen molar-refractivity contribution in [3.05, 3.63) is 40.9 Å². The Balaban J connectivity index is 1.60. The second-order valence-electron chi connectivity index (χ2n) is 6.49. The minimum Gasteiger partial charge on any atom is -0.493 e. The first-order chi connectivity index (χ1) is 12.2. The van der Waals surface area contributed by atoms with Gasteiger partial charge >= 0.3 is 0 Å². The van der Waals surface area contributed by atoms with Gasteiger partial charge in [0.05, 0.1) is 17.9 Å². The van der Waals surface area contributed by atoms with Gasteiger partial charge in [0.15, 0.2) is 5.13 Å².